The summed E-state index contributed by atoms with van der Waals surface area (Å²) in [6, 6.07) is 10.1. The topological polar surface area (TPSA) is 77.1 Å². The Kier molecular flexibility index (Phi) is 6.20. The minimum Gasteiger partial charge on any atom is -0.420 e. The molecule has 0 spiro atoms. The van der Waals surface area contributed by atoms with Gasteiger partial charge in [-0.15, -0.1) is 10.2 Å². The second-order valence-corrected chi connectivity index (χ2v) is 8.76. The predicted octanol–water partition coefficient (Wildman–Crippen LogP) is 4.83. The number of amides is 1. The summed E-state index contributed by atoms with van der Waals surface area (Å²) in [7, 11) is 0. The van der Waals surface area contributed by atoms with Crippen LogP contribution in [0.3, 0.4) is 0 Å². The SMILES string of the molecule is CCC1CCCCN1C(=O)c1cccc(-n2nc(-c3nnc(C)o3)cc2CC(C)C)c1. The van der Waals surface area contributed by atoms with E-state index in [9.17, 15) is 4.79 Å². The van der Waals surface area contributed by atoms with Crippen molar-refractivity contribution in [3.05, 3.63) is 47.5 Å². The first-order valence-electron chi connectivity index (χ1n) is 11.3. The van der Waals surface area contributed by atoms with E-state index >= 15 is 0 Å². The van der Waals surface area contributed by atoms with Crippen LogP contribution < -0.4 is 0 Å². The molecule has 4 rings (SSSR count). The summed E-state index contributed by atoms with van der Waals surface area (Å²) in [5.74, 6) is 1.48. The molecule has 0 bridgehead atoms. The van der Waals surface area contributed by atoms with Crippen molar-refractivity contribution in [2.75, 3.05) is 6.54 Å². The minimum absolute atomic E-state index is 0.110. The summed E-state index contributed by atoms with van der Waals surface area (Å²) < 4.78 is 7.49. The molecule has 0 N–H and O–H groups in total. The number of benzene rings is 1. The molecule has 2 aromatic heterocycles. The van der Waals surface area contributed by atoms with Gasteiger partial charge >= 0.3 is 0 Å². The molecule has 31 heavy (non-hydrogen) atoms. The normalized spacial score (nSPS) is 16.8. The van der Waals surface area contributed by atoms with Gasteiger partial charge in [-0.05, 0) is 62.3 Å². The minimum atomic E-state index is 0.110. The van der Waals surface area contributed by atoms with Crippen molar-refractivity contribution in [1.82, 2.24) is 24.9 Å². The molecule has 0 aliphatic carbocycles. The van der Waals surface area contributed by atoms with Gasteiger partial charge in [-0.1, -0.05) is 26.8 Å². The van der Waals surface area contributed by atoms with Gasteiger partial charge < -0.3 is 9.32 Å². The maximum atomic E-state index is 13.3. The van der Waals surface area contributed by atoms with E-state index in [-0.39, 0.29) is 5.91 Å². The van der Waals surface area contributed by atoms with Gasteiger partial charge in [-0.3, -0.25) is 4.79 Å². The van der Waals surface area contributed by atoms with Crippen molar-refractivity contribution in [3.8, 4) is 17.3 Å². The molecule has 3 heterocycles. The van der Waals surface area contributed by atoms with Crippen molar-refractivity contribution < 1.29 is 9.21 Å². The van der Waals surface area contributed by atoms with Crippen molar-refractivity contribution in [3.63, 3.8) is 0 Å². The number of aryl methyl sites for hydroxylation is 1. The van der Waals surface area contributed by atoms with Gasteiger partial charge in [0.2, 0.25) is 5.89 Å². The molecule has 0 radical (unpaired) electrons. The third kappa shape index (κ3) is 4.55. The number of piperidine rings is 1. The van der Waals surface area contributed by atoms with Crippen molar-refractivity contribution in [2.24, 2.45) is 5.92 Å². The van der Waals surface area contributed by atoms with E-state index in [0.717, 1.165) is 43.6 Å². The van der Waals surface area contributed by atoms with Gasteiger partial charge in [0, 0.05) is 30.8 Å². The van der Waals surface area contributed by atoms with Crippen LogP contribution in [0.5, 0.6) is 0 Å². The zero-order valence-electron chi connectivity index (χ0n) is 18.8. The summed E-state index contributed by atoms with van der Waals surface area (Å²) in [4.78, 5) is 15.4. The van der Waals surface area contributed by atoms with Crippen LogP contribution in [-0.2, 0) is 6.42 Å². The molecular formula is C24H31N5O2. The van der Waals surface area contributed by atoms with Crippen LogP contribution in [0.2, 0.25) is 0 Å². The highest BCUT2D eigenvalue weighted by molar-refractivity contribution is 5.95. The number of likely N-dealkylation sites (tertiary alicyclic amines) is 1. The maximum absolute atomic E-state index is 13.3. The lowest BCUT2D eigenvalue weighted by atomic mass is 9.99. The molecule has 3 aromatic rings. The molecule has 7 nitrogen and oxygen atoms in total. The first kappa shape index (κ1) is 21.3. The Labute approximate surface area is 183 Å². The van der Waals surface area contributed by atoms with Gasteiger partial charge in [0.15, 0.2) is 0 Å². The van der Waals surface area contributed by atoms with Crippen LogP contribution in [-0.4, -0.2) is 43.4 Å². The van der Waals surface area contributed by atoms with Crippen LogP contribution in [0.15, 0.2) is 34.7 Å². The van der Waals surface area contributed by atoms with Crippen molar-refractivity contribution >= 4 is 5.91 Å². The molecule has 1 saturated heterocycles. The molecule has 1 aliphatic rings. The molecule has 1 amide bonds. The summed E-state index contributed by atoms with van der Waals surface area (Å²) in [6.07, 6.45) is 5.21. The quantitative estimate of drug-likeness (QED) is 0.569. The number of aromatic nitrogens is 4. The molecular weight excluding hydrogens is 390 g/mol. The Morgan fingerprint density at radius 3 is 2.77 bits per heavy atom. The third-order valence-electron chi connectivity index (χ3n) is 5.84. The number of hydrogen-bond donors (Lipinski definition) is 0. The molecule has 7 heteroatoms. The third-order valence-corrected chi connectivity index (χ3v) is 5.84. The highest BCUT2D eigenvalue weighted by atomic mass is 16.4. The summed E-state index contributed by atoms with van der Waals surface area (Å²) in [5.41, 5.74) is 3.28. The molecule has 1 atom stereocenters. The summed E-state index contributed by atoms with van der Waals surface area (Å²) >= 11 is 0. The van der Waals surface area contributed by atoms with Gasteiger partial charge in [0.1, 0.15) is 5.69 Å². The van der Waals surface area contributed by atoms with E-state index in [1.54, 1.807) is 6.92 Å². The lowest BCUT2D eigenvalue weighted by Gasteiger charge is -2.35. The lowest BCUT2D eigenvalue weighted by Crippen LogP contribution is -2.43. The summed E-state index contributed by atoms with van der Waals surface area (Å²) in [5, 5.41) is 12.8. The van der Waals surface area contributed by atoms with E-state index in [0.29, 0.717) is 35.0 Å². The second-order valence-electron chi connectivity index (χ2n) is 8.76. The Morgan fingerprint density at radius 1 is 1.23 bits per heavy atom. The molecule has 1 unspecified atom stereocenters. The zero-order chi connectivity index (χ0) is 22.0. The van der Waals surface area contributed by atoms with Gasteiger partial charge in [0.05, 0.1) is 5.69 Å². The Bertz CT molecular complexity index is 1050. The van der Waals surface area contributed by atoms with Crippen LogP contribution in [0.4, 0.5) is 0 Å². The summed E-state index contributed by atoms with van der Waals surface area (Å²) in [6.45, 7) is 9.11. The van der Waals surface area contributed by atoms with Crippen molar-refractivity contribution in [2.45, 2.75) is 65.8 Å². The average molecular weight is 422 g/mol. The first-order chi connectivity index (χ1) is 15.0. The van der Waals surface area contributed by atoms with Crippen LogP contribution >= 0.6 is 0 Å². The van der Waals surface area contributed by atoms with E-state index in [4.69, 9.17) is 9.52 Å². The average Bonchev–Trinajstić information content (AvgIpc) is 3.39. The van der Waals surface area contributed by atoms with Crippen LogP contribution in [0.1, 0.15) is 68.4 Å². The van der Waals surface area contributed by atoms with Crippen LogP contribution in [0, 0.1) is 12.8 Å². The lowest BCUT2D eigenvalue weighted by molar-refractivity contribution is 0.0608. The smallest absolute Gasteiger partial charge is 0.268 e. The van der Waals surface area contributed by atoms with Gasteiger partial charge in [-0.25, -0.2) is 4.68 Å². The van der Waals surface area contributed by atoms with E-state index in [1.807, 2.05) is 39.9 Å². The van der Waals surface area contributed by atoms with E-state index in [1.165, 1.54) is 6.42 Å². The monoisotopic (exact) mass is 421 g/mol. The Hall–Kier alpha value is -2.96. The largest absolute Gasteiger partial charge is 0.420 e. The highest BCUT2D eigenvalue weighted by Gasteiger charge is 2.26. The molecule has 1 fully saturated rings. The van der Waals surface area contributed by atoms with E-state index < -0.39 is 0 Å². The highest BCUT2D eigenvalue weighted by Crippen LogP contribution is 2.25. The van der Waals surface area contributed by atoms with Crippen molar-refractivity contribution in [1.29, 1.82) is 0 Å². The fraction of sp³-hybridized carbons (Fsp3) is 0.500. The predicted molar refractivity (Wildman–Crippen MR) is 119 cm³/mol. The fourth-order valence-electron chi connectivity index (χ4n) is 4.34. The number of carbonyl (C=O) groups excluding carboxylic acids is 1. The number of nitrogens with zero attached hydrogens (tertiary/aromatic N) is 5. The molecule has 1 aliphatic heterocycles. The van der Waals surface area contributed by atoms with Gasteiger partial charge in [-0.2, -0.15) is 5.10 Å². The maximum Gasteiger partial charge on any atom is 0.268 e. The zero-order valence-corrected chi connectivity index (χ0v) is 18.8. The van der Waals surface area contributed by atoms with Crippen LogP contribution in [0.25, 0.3) is 17.3 Å². The molecule has 164 valence electrons. The van der Waals surface area contributed by atoms with Gasteiger partial charge in [0.25, 0.3) is 11.8 Å². The number of hydrogen-bond acceptors (Lipinski definition) is 5. The Balaban J connectivity index is 1.69. The first-order valence-corrected chi connectivity index (χ1v) is 11.3. The standard InChI is InChI=1S/C24H31N5O2/c1-5-19-10-6-7-12-28(19)24(30)18-9-8-11-20(14-18)29-21(13-16(2)3)15-22(27-29)23-26-25-17(4)31-23/h8-9,11,14-16,19H,5-7,10,12-13H2,1-4H3. The molecule has 1 aromatic carbocycles. The fourth-order valence-corrected chi connectivity index (χ4v) is 4.34. The number of rotatable bonds is 6. The van der Waals surface area contributed by atoms with E-state index in [2.05, 4.69) is 31.0 Å². The molecule has 0 saturated carbocycles. The Morgan fingerprint density at radius 2 is 2.06 bits per heavy atom. The second kappa shape index (κ2) is 9.04. The number of carbonyl (C=O) groups is 1.